The smallest absolute Gasteiger partial charge is 0.185 e. The van der Waals surface area contributed by atoms with Crippen molar-refractivity contribution in [2.75, 3.05) is 11.9 Å². The van der Waals surface area contributed by atoms with Crippen LogP contribution in [0.15, 0.2) is 51.8 Å². The van der Waals surface area contributed by atoms with Crippen molar-refractivity contribution in [3.63, 3.8) is 0 Å². The number of rotatable bonds is 5. The van der Waals surface area contributed by atoms with E-state index in [1.54, 1.807) is 56.3 Å². The predicted molar refractivity (Wildman–Crippen MR) is 92.8 cm³/mol. The van der Waals surface area contributed by atoms with Crippen LogP contribution >= 0.6 is 15.9 Å². The van der Waals surface area contributed by atoms with Crippen molar-refractivity contribution < 1.29 is 8.42 Å². The fourth-order valence-corrected chi connectivity index (χ4v) is 3.59. The summed E-state index contributed by atoms with van der Waals surface area (Å²) in [6.45, 7) is 3.49. The molecule has 0 saturated heterocycles. The van der Waals surface area contributed by atoms with Crippen molar-refractivity contribution in [1.29, 1.82) is 5.26 Å². The highest BCUT2D eigenvalue weighted by atomic mass is 79.9. The van der Waals surface area contributed by atoms with E-state index in [-0.39, 0.29) is 17.1 Å². The van der Waals surface area contributed by atoms with E-state index in [9.17, 15) is 8.42 Å². The topological polar surface area (TPSA) is 82.8 Å². The molecule has 1 aromatic heterocycles. The second-order valence-corrected chi connectivity index (χ2v) is 9.09. The molecule has 0 aliphatic heterocycles. The maximum Gasteiger partial charge on any atom is 0.185 e. The lowest BCUT2D eigenvalue weighted by atomic mass is 10.2. The van der Waals surface area contributed by atoms with Crippen LogP contribution in [0.2, 0.25) is 0 Å². The third-order valence-electron chi connectivity index (χ3n) is 3.41. The number of pyridine rings is 1. The van der Waals surface area contributed by atoms with Gasteiger partial charge >= 0.3 is 0 Å². The molecule has 0 aliphatic rings. The van der Waals surface area contributed by atoms with Crippen molar-refractivity contribution in [2.24, 2.45) is 0 Å². The number of nitrogens with one attached hydrogen (secondary N) is 1. The molecule has 2 rings (SSSR count). The Morgan fingerprint density at radius 2 is 1.87 bits per heavy atom. The van der Waals surface area contributed by atoms with E-state index in [1.165, 1.54) is 0 Å². The first-order valence-electron chi connectivity index (χ1n) is 6.87. The molecule has 0 saturated carbocycles. The number of benzene rings is 1. The Morgan fingerprint density at radius 3 is 2.48 bits per heavy atom. The summed E-state index contributed by atoms with van der Waals surface area (Å²) < 4.78 is 25.4. The van der Waals surface area contributed by atoms with Gasteiger partial charge in [-0.15, -0.1) is 0 Å². The molecule has 5 nitrogen and oxygen atoms in total. The maximum absolute atomic E-state index is 12.8. The molecule has 7 heteroatoms. The number of anilines is 1. The molecule has 0 bridgehead atoms. The van der Waals surface area contributed by atoms with E-state index in [0.29, 0.717) is 5.82 Å². The van der Waals surface area contributed by atoms with Crippen LogP contribution in [0.3, 0.4) is 0 Å². The van der Waals surface area contributed by atoms with Gasteiger partial charge in [0.25, 0.3) is 0 Å². The molecule has 23 heavy (non-hydrogen) atoms. The Labute approximate surface area is 144 Å². The summed E-state index contributed by atoms with van der Waals surface area (Å²) in [6, 6.07) is 13.5. The molecule has 0 unspecified atom stereocenters. The number of nitriles is 1. The summed E-state index contributed by atoms with van der Waals surface area (Å²) in [4.78, 5) is 4.36. The van der Waals surface area contributed by atoms with E-state index in [1.807, 2.05) is 6.07 Å². The van der Waals surface area contributed by atoms with E-state index in [0.717, 1.165) is 4.47 Å². The van der Waals surface area contributed by atoms with Crippen LogP contribution in [0.1, 0.15) is 19.5 Å². The minimum absolute atomic E-state index is 0.174. The molecule has 0 spiro atoms. The molecule has 0 fully saturated rings. The van der Waals surface area contributed by atoms with Gasteiger partial charge in [-0.1, -0.05) is 22.0 Å². The summed E-state index contributed by atoms with van der Waals surface area (Å²) in [5.41, 5.74) is 0.281. The number of halogens is 1. The lowest BCUT2D eigenvalue weighted by Crippen LogP contribution is -2.39. The highest BCUT2D eigenvalue weighted by Crippen LogP contribution is 2.27. The predicted octanol–water partition coefficient (Wildman–Crippen LogP) is 3.38. The van der Waals surface area contributed by atoms with Gasteiger partial charge in [0.05, 0.1) is 9.64 Å². The quantitative estimate of drug-likeness (QED) is 0.841. The number of sulfone groups is 1. The normalized spacial score (nSPS) is 11.7. The molecule has 1 aromatic carbocycles. The van der Waals surface area contributed by atoms with Crippen LogP contribution in [0.4, 0.5) is 5.82 Å². The number of aromatic nitrogens is 1. The Morgan fingerprint density at radius 1 is 1.22 bits per heavy atom. The molecule has 1 N–H and O–H groups in total. The third-order valence-corrected chi connectivity index (χ3v) is 6.43. The molecule has 0 radical (unpaired) electrons. The molecule has 120 valence electrons. The minimum Gasteiger partial charge on any atom is -0.368 e. The van der Waals surface area contributed by atoms with Crippen LogP contribution in [-0.2, 0) is 9.84 Å². The summed E-state index contributed by atoms with van der Waals surface area (Å²) in [6.07, 6.45) is 0. The Kier molecular flexibility index (Phi) is 5.07. The van der Waals surface area contributed by atoms with Gasteiger partial charge in [-0.3, -0.25) is 0 Å². The van der Waals surface area contributed by atoms with Gasteiger partial charge in [0.1, 0.15) is 17.6 Å². The summed E-state index contributed by atoms with van der Waals surface area (Å²) in [5.74, 6) is 0.475. The summed E-state index contributed by atoms with van der Waals surface area (Å²) >= 11 is 3.30. The van der Waals surface area contributed by atoms with Crippen molar-refractivity contribution >= 4 is 31.6 Å². The van der Waals surface area contributed by atoms with Gasteiger partial charge in [-0.25, -0.2) is 13.4 Å². The molecule has 2 aromatic rings. The average molecular weight is 394 g/mol. The fourth-order valence-electron chi connectivity index (χ4n) is 1.93. The molecule has 0 atom stereocenters. The largest absolute Gasteiger partial charge is 0.368 e. The first kappa shape index (κ1) is 17.4. The van der Waals surface area contributed by atoms with Crippen LogP contribution in [-0.4, -0.2) is 24.7 Å². The van der Waals surface area contributed by atoms with Gasteiger partial charge < -0.3 is 5.32 Å². The Bertz CT molecular complexity index is 840. The monoisotopic (exact) mass is 393 g/mol. The van der Waals surface area contributed by atoms with Crippen molar-refractivity contribution in [2.45, 2.75) is 23.5 Å². The second-order valence-electron chi connectivity index (χ2n) is 5.59. The number of nitrogens with zero attached hydrogens (tertiary/aromatic N) is 2. The van der Waals surface area contributed by atoms with Crippen LogP contribution in [0.5, 0.6) is 0 Å². The zero-order valence-corrected chi connectivity index (χ0v) is 15.1. The lowest BCUT2D eigenvalue weighted by Gasteiger charge is -2.25. The van der Waals surface area contributed by atoms with E-state index in [4.69, 9.17) is 5.26 Å². The van der Waals surface area contributed by atoms with Crippen LogP contribution in [0, 0.1) is 11.3 Å². The molecule has 0 amide bonds. The van der Waals surface area contributed by atoms with Gasteiger partial charge in [0.2, 0.25) is 0 Å². The zero-order chi connectivity index (χ0) is 17.1. The second kappa shape index (κ2) is 6.69. The van der Waals surface area contributed by atoms with E-state index in [2.05, 4.69) is 26.2 Å². The first-order chi connectivity index (χ1) is 10.8. The highest BCUT2D eigenvalue weighted by molar-refractivity contribution is 9.10. The first-order valence-corrected chi connectivity index (χ1v) is 9.15. The molecule has 0 aliphatic carbocycles. The van der Waals surface area contributed by atoms with Gasteiger partial charge in [-0.05, 0) is 50.2 Å². The van der Waals surface area contributed by atoms with Crippen molar-refractivity contribution in [3.8, 4) is 6.07 Å². The standard InChI is InChI=1S/C16H16BrN3O2S/c1-16(2,11-19-15-5-3-4-13(10-18)20-15)23(21,22)14-8-6-12(17)7-9-14/h3-9H,11H2,1-2H3,(H,19,20). The third kappa shape index (κ3) is 3.89. The van der Waals surface area contributed by atoms with Crippen molar-refractivity contribution in [3.05, 3.63) is 52.6 Å². The minimum atomic E-state index is -3.52. The highest BCUT2D eigenvalue weighted by Gasteiger charge is 2.35. The fraction of sp³-hybridized carbons (Fsp3) is 0.250. The van der Waals surface area contributed by atoms with Crippen LogP contribution < -0.4 is 5.32 Å². The molecular formula is C16H16BrN3O2S. The maximum atomic E-state index is 12.8. The van der Waals surface area contributed by atoms with Gasteiger partial charge in [-0.2, -0.15) is 5.26 Å². The Hall–Kier alpha value is -1.91. The lowest BCUT2D eigenvalue weighted by molar-refractivity contribution is 0.553. The van der Waals surface area contributed by atoms with E-state index < -0.39 is 14.6 Å². The van der Waals surface area contributed by atoms with Gasteiger partial charge in [0.15, 0.2) is 9.84 Å². The van der Waals surface area contributed by atoms with Crippen molar-refractivity contribution in [1.82, 2.24) is 4.98 Å². The number of hydrogen-bond donors (Lipinski definition) is 1. The molecule has 1 heterocycles. The van der Waals surface area contributed by atoms with Crippen LogP contribution in [0.25, 0.3) is 0 Å². The van der Waals surface area contributed by atoms with Gasteiger partial charge in [0, 0.05) is 11.0 Å². The SMILES string of the molecule is CC(C)(CNc1cccc(C#N)n1)S(=O)(=O)c1ccc(Br)cc1. The molecular weight excluding hydrogens is 378 g/mol. The van der Waals surface area contributed by atoms with E-state index >= 15 is 0 Å². The summed E-state index contributed by atoms with van der Waals surface area (Å²) in [5, 5.41) is 11.8. The zero-order valence-electron chi connectivity index (χ0n) is 12.7. The summed E-state index contributed by atoms with van der Waals surface area (Å²) in [7, 11) is -3.52. The number of hydrogen-bond acceptors (Lipinski definition) is 5. The Balaban J connectivity index is 2.20. The average Bonchev–Trinajstić information content (AvgIpc) is 2.53.